The first kappa shape index (κ1) is 20.0. The number of carbonyl (C=O) groups excluding carboxylic acids is 2. The molecule has 3 rings (SSSR count). The molecule has 0 aliphatic carbocycles. The van der Waals surface area contributed by atoms with E-state index in [1.807, 2.05) is 0 Å². The van der Waals surface area contributed by atoms with Crippen molar-refractivity contribution in [2.45, 2.75) is 19.0 Å². The van der Waals surface area contributed by atoms with E-state index in [-0.39, 0.29) is 18.9 Å². The lowest BCUT2D eigenvalue weighted by Gasteiger charge is -2.11. The van der Waals surface area contributed by atoms with E-state index < -0.39 is 23.6 Å². The van der Waals surface area contributed by atoms with E-state index >= 15 is 0 Å². The fourth-order valence-electron chi connectivity index (χ4n) is 2.83. The van der Waals surface area contributed by atoms with E-state index in [9.17, 15) is 18.4 Å². The summed E-state index contributed by atoms with van der Waals surface area (Å²) in [7, 11) is 1.30. The van der Waals surface area contributed by atoms with Crippen LogP contribution in [0.15, 0.2) is 47.5 Å². The van der Waals surface area contributed by atoms with Gasteiger partial charge in [-0.05, 0) is 29.3 Å². The van der Waals surface area contributed by atoms with Crippen LogP contribution in [-0.4, -0.2) is 35.8 Å². The summed E-state index contributed by atoms with van der Waals surface area (Å²) in [6.45, 7) is 0.172. The molecule has 0 radical (unpaired) electrons. The minimum atomic E-state index is -0.642. The number of hydrogen-bond acceptors (Lipinski definition) is 5. The average molecular weight is 404 g/mol. The number of thioether (sulfide) groups is 1. The molecule has 0 saturated heterocycles. The van der Waals surface area contributed by atoms with Gasteiger partial charge in [0.05, 0.1) is 17.7 Å². The molecule has 1 atom stereocenters. The van der Waals surface area contributed by atoms with Gasteiger partial charge in [0.2, 0.25) is 5.91 Å². The summed E-state index contributed by atoms with van der Waals surface area (Å²) < 4.78 is 31.3. The minimum Gasteiger partial charge on any atom is -0.465 e. The van der Waals surface area contributed by atoms with Gasteiger partial charge in [-0.1, -0.05) is 18.2 Å². The number of methoxy groups -OCH3 is 1. The molecule has 2 aromatic carbocycles. The van der Waals surface area contributed by atoms with Crippen LogP contribution in [0, 0.1) is 11.6 Å². The highest BCUT2D eigenvalue weighted by Crippen LogP contribution is 2.22. The first-order valence-electron chi connectivity index (χ1n) is 8.54. The lowest BCUT2D eigenvalue weighted by atomic mass is 10.1. The zero-order valence-corrected chi connectivity index (χ0v) is 15.9. The molecule has 1 amide bonds. The van der Waals surface area contributed by atoms with Crippen molar-refractivity contribution in [1.29, 1.82) is 0 Å². The maximum absolute atomic E-state index is 13.3. The van der Waals surface area contributed by atoms with Gasteiger partial charge in [-0.25, -0.2) is 13.6 Å². The lowest BCUT2D eigenvalue weighted by molar-refractivity contribution is -0.121. The first-order chi connectivity index (χ1) is 13.5. The Kier molecular flexibility index (Phi) is 6.41. The molecule has 5 nitrogen and oxygen atoms in total. The maximum Gasteiger partial charge on any atom is 0.338 e. The van der Waals surface area contributed by atoms with E-state index in [0.29, 0.717) is 27.5 Å². The number of ether oxygens (including phenoxy) is 1. The Morgan fingerprint density at radius 2 is 1.93 bits per heavy atom. The number of carbonyl (C=O) groups is 2. The fraction of sp³-hybridized carbons (Fsp3) is 0.250. The molecular weight excluding hydrogens is 386 g/mol. The number of nitrogens with zero attached hydrogens (tertiary/aromatic N) is 1. The van der Waals surface area contributed by atoms with Gasteiger partial charge >= 0.3 is 5.97 Å². The van der Waals surface area contributed by atoms with Crippen LogP contribution in [0.3, 0.4) is 0 Å². The van der Waals surface area contributed by atoms with Gasteiger partial charge in [0, 0.05) is 24.8 Å². The SMILES string of the molecule is COC(=O)c1ccccc1CNC(=O)[C@H]1CSC(Cc2cc(F)cc(F)c2)=N1. The number of esters is 1. The summed E-state index contributed by atoms with van der Waals surface area (Å²) in [5.41, 5.74) is 1.51. The molecule has 0 fully saturated rings. The van der Waals surface area contributed by atoms with Gasteiger partial charge in [0.15, 0.2) is 0 Å². The highest BCUT2D eigenvalue weighted by molar-refractivity contribution is 8.14. The van der Waals surface area contributed by atoms with Gasteiger partial charge in [-0.2, -0.15) is 0 Å². The Bertz CT molecular complexity index is 913. The predicted octanol–water partition coefficient (Wildman–Crippen LogP) is 3.12. The second-order valence-electron chi connectivity index (χ2n) is 6.17. The van der Waals surface area contributed by atoms with E-state index in [1.54, 1.807) is 24.3 Å². The van der Waals surface area contributed by atoms with Gasteiger partial charge in [-0.3, -0.25) is 9.79 Å². The number of benzene rings is 2. The normalized spacial score (nSPS) is 15.8. The third-order valence-electron chi connectivity index (χ3n) is 4.16. The third kappa shape index (κ3) is 4.95. The van der Waals surface area contributed by atoms with Crippen molar-refractivity contribution in [2.75, 3.05) is 12.9 Å². The van der Waals surface area contributed by atoms with E-state index in [0.717, 1.165) is 6.07 Å². The van der Waals surface area contributed by atoms with E-state index in [2.05, 4.69) is 10.3 Å². The Morgan fingerprint density at radius 3 is 2.64 bits per heavy atom. The molecule has 0 aromatic heterocycles. The van der Waals surface area contributed by atoms with Gasteiger partial charge in [0.1, 0.15) is 17.7 Å². The van der Waals surface area contributed by atoms with Crippen LogP contribution in [0.5, 0.6) is 0 Å². The van der Waals surface area contributed by atoms with Crippen LogP contribution in [0.4, 0.5) is 8.78 Å². The topological polar surface area (TPSA) is 67.8 Å². The van der Waals surface area contributed by atoms with Crippen molar-refractivity contribution >= 4 is 28.7 Å². The third-order valence-corrected chi connectivity index (χ3v) is 5.23. The van der Waals surface area contributed by atoms with Crippen molar-refractivity contribution in [2.24, 2.45) is 4.99 Å². The summed E-state index contributed by atoms with van der Waals surface area (Å²) in [6, 6.07) is 9.60. The van der Waals surface area contributed by atoms with Crippen molar-refractivity contribution in [3.63, 3.8) is 0 Å². The zero-order valence-electron chi connectivity index (χ0n) is 15.1. The van der Waals surface area contributed by atoms with E-state index in [4.69, 9.17) is 4.74 Å². The molecule has 8 heteroatoms. The van der Waals surface area contributed by atoms with Crippen LogP contribution in [0.1, 0.15) is 21.5 Å². The summed E-state index contributed by atoms with van der Waals surface area (Å²) in [4.78, 5) is 28.6. The highest BCUT2D eigenvalue weighted by Gasteiger charge is 2.25. The second-order valence-corrected chi connectivity index (χ2v) is 7.26. The number of halogens is 2. The smallest absolute Gasteiger partial charge is 0.338 e. The molecular formula is C20H18F2N2O3S. The fourth-order valence-corrected chi connectivity index (χ4v) is 3.87. The molecule has 1 heterocycles. The molecule has 0 unspecified atom stereocenters. The largest absolute Gasteiger partial charge is 0.465 e. The molecule has 2 aromatic rings. The molecule has 146 valence electrons. The highest BCUT2D eigenvalue weighted by atomic mass is 32.2. The van der Waals surface area contributed by atoms with Gasteiger partial charge < -0.3 is 10.1 Å². The average Bonchev–Trinajstić information content (AvgIpc) is 3.13. The molecule has 1 aliphatic heterocycles. The molecule has 1 aliphatic rings. The second kappa shape index (κ2) is 8.97. The summed E-state index contributed by atoms with van der Waals surface area (Å²) in [5.74, 6) is -1.57. The zero-order chi connectivity index (χ0) is 20.1. The van der Waals surface area contributed by atoms with E-state index in [1.165, 1.54) is 31.0 Å². The number of rotatable bonds is 6. The monoisotopic (exact) mass is 404 g/mol. The van der Waals surface area contributed by atoms with Crippen LogP contribution >= 0.6 is 11.8 Å². The van der Waals surface area contributed by atoms with Crippen LogP contribution < -0.4 is 5.32 Å². The van der Waals surface area contributed by atoms with Crippen molar-refractivity contribution in [3.8, 4) is 0 Å². The Hall–Kier alpha value is -2.74. The quantitative estimate of drug-likeness (QED) is 0.752. The summed E-state index contributed by atoms with van der Waals surface area (Å²) in [5, 5.41) is 3.43. The summed E-state index contributed by atoms with van der Waals surface area (Å²) in [6.07, 6.45) is 0.272. The molecule has 0 bridgehead atoms. The molecule has 0 saturated carbocycles. The van der Waals surface area contributed by atoms with Gasteiger partial charge in [-0.15, -0.1) is 11.8 Å². The van der Waals surface area contributed by atoms with Crippen molar-refractivity contribution in [1.82, 2.24) is 5.32 Å². The first-order valence-corrected chi connectivity index (χ1v) is 9.53. The van der Waals surface area contributed by atoms with Gasteiger partial charge in [0.25, 0.3) is 0 Å². The standard InChI is InChI=1S/C20H18F2N2O3S/c1-27-20(26)16-5-3-2-4-13(16)10-23-19(25)17-11-28-18(24-17)8-12-6-14(21)9-15(22)7-12/h2-7,9,17H,8,10-11H2,1H3,(H,23,25)/t17-/m1/s1. The minimum absolute atomic E-state index is 0.172. The lowest BCUT2D eigenvalue weighted by Crippen LogP contribution is -2.33. The number of aliphatic imine (C=N–C) groups is 1. The Balaban J connectivity index is 1.61. The summed E-state index contributed by atoms with van der Waals surface area (Å²) >= 11 is 1.39. The Labute approximate surface area is 165 Å². The van der Waals surface area contributed by atoms with Crippen molar-refractivity contribution in [3.05, 3.63) is 70.8 Å². The number of amides is 1. The van der Waals surface area contributed by atoms with Crippen LogP contribution in [0.2, 0.25) is 0 Å². The number of nitrogens with one attached hydrogen (secondary N) is 1. The Morgan fingerprint density at radius 1 is 1.21 bits per heavy atom. The van der Waals surface area contributed by atoms with Crippen LogP contribution in [-0.2, 0) is 22.5 Å². The molecule has 0 spiro atoms. The van der Waals surface area contributed by atoms with Crippen LogP contribution in [0.25, 0.3) is 0 Å². The predicted molar refractivity (Wildman–Crippen MR) is 103 cm³/mol. The molecule has 1 N–H and O–H groups in total. The maximum atomic E-state index is 13.3. The molecule has 28 heavy (non-hydrogen) atoms. The number of hydrogen-bond donors (Lipinski definition) is 1. The van der Waals surface area contributed by atoms with Crippen molar-refractivity contribution < 1.29 is 23.1 Å².